The molecule has 1 aromatic heterocycles. The SMILES string of the molecule is O=C(NCCc1c[nH]c2ccc(Br)cc12)OCc1ccccc1. The lowest BCUT2D eigenvalue weighted by atomic mass is 10.1. The number of halogens is 1. The molecule has 3 rings (SSSR count). The van der Waals surface area contributed by atoms with E-state index in [9.17, 15) is 4.79 Å². The number of alkyl carbamates (subject to hydrolysis) is 1. The van der Waals surface area contributed by atoms with Crippen LogP contribution < -0.4 is 5.32 Å². The Kier molecular flexibility index (Phi) is 4.98. The van der Waals surface area contributed by atoms with Gasteiger partial charge in [0.15, 0.2) is 0 Å². The molecule has 0 atom stereocenters. The third-order valence-electron chi connectivity index (χ3n) is 3.61. The quantitative estimate of drug-likeness (QED) is 0.697. The van der Waals surface area contributed by atoms with Gasteiger partial charge >= 0.3 is 6.09 Å². The summed E-state index contributed by atoms with van der Waals surface area (Å²) >= 11 is 3.48. The molecule has 4 nitrogen and oxygen atoms in total. The van der Waals surface area contributed by atoms with E-state index in [-0.39, 0.29) is 6.61 Å². The number of hydrogen-bond donors (Lipinski definition) is 2. The largest absolute Gasteiger partial charge is 0.445 e. The zero-order valence-electron chi connectivity index (χ0n) is 12.5. The predicted octanol–water partition coefficient (Wildman–Crippen LogP) is 4.40. The maximum absolute atomic E-state index is 11.7. The summed E-state index contributed by atoms with van der Waals surface area (Å²) in [6.07, 6.45) is 2.33. The third-order valence-corrected chi connectivity index (χ3v) is 4.10. The van der Waals surface area contributed by atoms with Crippen LogP contribution in [0.3, 0.4) is 0 Å². The van der Waals surface area contributed by atoms with Gasteiger partial charge in [-0.05, 0) is 35.7 Å². The molecule has 0 aliphatic rings. The second-order valence-electron chi connectivity index (χ2n) is 5.24. The highest BCUT2D eigenvalue weighted by molar-refractivity contribution is 9.10. The fraction of sp³-hybridized carbons (Fsp3) is 0.167. The molecule has 0 bridgehead atoms. The van der Waals surface area contributed by atoms with Gasteiger partial charge in [0, 0.05) is 28.1 Å². The molecule has 5 heteroatoms. The minimum Gasteiger partial charge on any atom is -0.445 e. The highest BCUT2D eigenvalue weighted by Gasteiger charge is 2.06. The lowest BCUT2D eigenvalue weighted by Crippen LogP contribution is -2.26. The Morgan fingerprint density at radius 1 is 1.17 bits per heavy atom. The number of amides is 1. The van der Waals surface area contributed by atoms with Gasteiger partial charge in [0.05, 0.1) is 0 Å². The summed E-state index contributed by atoms with van der Waals surface area (Å²) in [5, 5.41) is 3.95. The standard InChI is InChI=1S/C18H17BrN2O2/c19-15-6-7-17-16(10-15)14(11-21-17)8-9-20-18(22)23-12-13-4-2-1-3-5-13/h1-7,10-11,21H,8-9,12H2,(H,20,22). The van der Waals surface area contributed by atoms with Crippen LogP contribution in [0.2, 0.25) is 0 Å². The minimum absolute atomic E-state index is 0.284. The molecule has 1 heterocycles. The Balaban J connectivity index is 1.48. The zero-order valence-corrected chi connectivity index (χ0v) is 14.1. The molecule has 0 saturated heterocycles. The van der Waals surface area contributed by atoms with E-state index in [2.05, 4.69) is 32.3 Å². The fourth-order valence-corrected chi connectivity index (χ4v) is 2.79. The second-order valence-corrected chi connectivity index (χ2v) is 6.16. The summed E-state index contributed by atoms with van der Waals surface area (Å²) in [5.41, 5.74) is 3.24. The van der Waals surface area contributed by atoms with E-state index < -0.39 is 6.09 Å². The van der Waals surface area contributed by atoms with E-state index in [1.807, 2.05) is 48.7 Å². The van der Waals surface area contributed by atoms with E-state index in [1.165, 1.54) is 10.9 Å². The van der Waals surface area contributed by atoms with E-state index in [4.69, 9.17) is 4.74 Å². The highest BCUT2D eigenvalue weighted by Crippen LogP contribution is 2.22. The summed E-state index contributed by atoms with van der Waals surface area (Å²) in [6, 6.07) is 15.7. The molecule has 0 spiro atoms. The summed E-state index contributed by atoms with van der Waals surface area (Å²) in [4.78, 5) is 14.9. The van der Waals surface area contributed by atoms with E-state index in [0.717, 1.165) is 22.0 Å². The smallest absolute Gasteiger partial charge is 0.407 e. The van der Waals surface area contributed by atoms with Crippen LogP contribution in [0.5, 0.6) is 0 Å². The number of carbonyl (C=O) groups excluding carboxylic acids is 1. The molecular weight excluding hydrogens is 356 g/mol. The van der Waals surface area contributed by atoms with Crippen molar-refractivity contribution in [2.24, 2.45) is 0 Å². The van der Waals surface area contributed by atoms with E-state index in [0.29, 0.717) is 6.54 Å². The first-order chi connectivity index (χ1) is 11.2. The number of carbonyl (C=O) groups is 1. The molecule has 0 fully saturated rings. The van der Waals surface area contributed by atoms with E-state index in [1.54, 1.807) is 0 Å². The number of ether oxygens (including phenoxy) is 1. The van der Waals surface area contributed by atoms with Gasteiger partial charge in [-0.15, -0.1) is 0 Å². The van der Waals surface area contributed by atoms with Crippen molar-refractivity contribution in [2.75, 3.05) is 6.54 Å². The predicted molar refractivity (Wildman–Crippen MR) is 94.3 cm³/mol. The van der Waals surface area contributed by atoms with Crippen molar-refractivity contribution in [3.05, 3.63) is 70.3 Å². The first kappa shape index (κ1) is 15.6. The topological polar surface area (TPSA) is 54.1 Å². The van der Waals surface area contributed by atoms with Crippen molar-refractivity contribution in [3.63, 3.8) is 0 Å². The van der Waals surface area contributed by atoms with Crippen molar-refractivity contribution in [2.45, 2.75) is 13.0 Å². The van der Waals surface area contributed by atoms with Crippen molar-refractivity contribution >= 4 is 32.9 Å². The van der Waals surface area contributed by atoms with Gasteiger partial charge in [-0.1, -0.05) is 46.3 Å². The maximum Gasteiger partial charge on any atom is 0.407 e. The highest BCUT2D eigenvalue weighted by atomic mass is 79.9. The molecular formula is C18H17BrN2O2. The van der Waals surface area contributed by atoms with Crippen molar-refractivity contribution in [3.8, 4) is 0 Å². The van der Waals surface area contributed by atoms with Crippen LogP contribution in [0.15, 0.2) is 59.2 Å². The molecule has 118 valence electrons. The van der Waals surface area contributed by atoms with Crippen LogP contribution in [0.25, 0.3) is 10.9 Å². The van der Waals surface area contributed by atoms with Crippen LogP contribution in [-0.2, 0) is 17.8 Å². The number of aromatic amines is 1. The number of rotatable bonds is 5. The normalized spacial score (nSPS) is 10.7. The minimum atomic E-state index is -0.394. The van der Waals surface area contributed by atoms with Gasteiger partial charge in [0.25, 0.3) is 0 Å². The molecule has 2 aromatic carbocycles. The van der Waals surface area contributed by atoms with Crippen LogP contribution in [-0.4, -0.2) is 17.6 Å². The second kappa shape index (κ2) is 7.33. The molecule has 0 unspecified atom stereocenters. The molecule has 0 aliphatic heterocycles. The number of nitrogens with one attached hydrogen (secondary N) is 2. The van der Waals surface area contributed by atoms with Crippen LogP contribution in [0, 0.1) is 0 Å². The van der Waals surface area contributed by atoms with Crippen molar-refractivity contribution in [1.29, 1.82) is 0 Å². The lowest BCUT2D eigenvalue weighted by Gasteiger charge is -2.07. The molecule has 23 heavy (non-hydrogen) atoms. The van der Waals surface area contributed by atoms with Crippen LogP contribution >= 0.6 is 15.9 Å². The molecule has 0 aliphatic carbocycles. The number of H-pyrrole nitrogens is 1. The molecule has 0 saturated carbocycles. The Hall–Kier alpha value is -2.27. The number of hydrogen-bond acceptors (Lipinski definition) is 2. The fourth-order valence-electron chi connectivity index (χ4n) is 2.43. The Labute approximate surface area is 143 Å². The van der Waals surface area contributed by atoms with Gasteiger partial charge in [0.1, 0.15) is 6.61 Å². The van der Waals surface area contributed by atoms with Gasteiger partial charge in [0.2, 0.25) is 0 Å². The third kappa shape index (κ3) is 4.13. The number of benzene rings is 2. The van der Waals surface area contributed by atoms with Crippen molar-refractivity contribution < 1.29 is 9.53 Å². The lowest BCUT2D eigenvalue weighted by molar-refractivity contribution is 0.140. The average Bonchev–Trinajstić information content (AvgIpc) is 2.96. The van der Waals surface area contributed by atoms with Gasteiger partial charge in [-0.3, -0.25) is 0 Å². The summed E-state index contributed by atoms with van der Waals surface area (Å²) < 4.78 is 6.23. The van der Waals surface area contributed by atoms with Crippen LogP contribution in [0.1, 0.15) is 11.1 Å². The number of aromatic nitrogens is 1. The average molecular weight is 373 g/mol. The molecule has 1 amide bonds. The van der Waals surface area contributed by atoms with Crippen LogP contribution in [0.4, 0.5) is 4.79 Å². The molecule has 3 aromatic rings. The first-order valence-electron chi connectivity index (χ1n) is 7.42. The Morgan fingerprint density at radius 3 is 2.83 bits per heavy atom. The summed E-state index contributed by atoms with van der Waals surface area (Å²) in [5.74, 6) is 0. The Morgan fingerprint density at radius 2 is 2.00 bits per heavy atom. The number of fused-ring (bicyclic) bond motifs is 1. The first-order valence-corrected chi connectivity index (χ1v) is 8.22. The zero-order chi connectivity index (χ0) is 16.1. The monoisotopic (exact) mass is 372 g/mol. The van der Waals surface area contributed by atoms with Gasteiger partial charge in [-0.2, -0.15) is 0 Å². The van der Waals surface area contributed by atoms with Gasteiger partial charge in [-0.25, -0.2) is 4.79 Å². The molecule has 0 radical (unpaired) electrons. The molecule has 2 N–H and O–H groups in total. The Bertz CT molecular complexity index is 799. The van der Waals surface area contributed by atoms with Crippen molar-refractivity contribution in [1.82, 2.24) is 10.3 Å². The van der Waals surface area contributed by atoms with E-state index >= 15 is 0 Å². The summed E-state index contributed by atoms with van der Waals surface area (Å²) in [7, 11) is 0. The van der Waals surface area contributed by atoms with Gasteiger partial charge < -0.3 is 15.0 Å². The summed E-state index contributed by atoms with van der Waals surface area (Å²) in [6.45, 7) is 0.819. The maximum atomic E-state index is 11.7.